The average Bonchev–Trinajstić information content (AvgIpc) is 2.99. The number of rotatable bonds is 6. The van der Waals surface area contributed by atoms with Gasteiger partial charge in [0.15, 0.2) is 0 Å². The van der Waals surface area contributed by atoms with Gasteiger partial charge in [0.1, 0.15) is 10.7 Å². The van der Waals surface area contributed by atoms with Crippen LogP contribution in [0.3, 0.4) is 0 Å². The van der Waals surface area contributed by atoms with Crippen LogP contribution in [0.1, 0.15) is 25.8 Å². The van der Waals surface area contributed by atoms with Crippen molar-refractivity contribution in [3.05, 3.63) is 28.0 Å². The zero-order valence-corrected chi connectivity index (χ0v) is 14.7. The zero-order valence-electron chi connectivity index (χ0n) is 12.3. The summed E-state index contributed by atoms with van der Waals surface area (Å²) in [6, 6.07) is 2.88. The third kappa shape index (κ3) is 3.83. The van der Waals surface area contributed by atoms with Gasteiger partial charge >= 0.3 is 0 Å². The average molecular weight is 379 g/mol. The molecule has 1 fully saturated rings. The summed E-state index contributed by atoms with van der Waals surface area (Å²) in [7, 11) is -2.16. The number of halogens is 2. The van der Waals surface area contributed by atoms with Gasteiger partial charge in [-0.2, -0.15) is 0 Å². The molecule has 1 aliphatic rings. The summed E-state index contributed by atoms with van der Waals surface area (Å²) in [6.45, 7) is 4.81. The summed E-state index contributed by atoms with van der Waals surface area (Å²) in [5.74, 6) is -0.380. The van der Waals surface area contributed by atoms with E-state index in [1.54, 1.807) is 13.1 Å². The van der Waals surface area contributed by atoms with E-state index >= 15 is 0 Å². The molecular weight excluding hydrogens is 359 g/mol. The third-order valence-electron chi connectivity index (χ3n) is 3.97. The number of hydrogen-bond acceptors (Lipinski definition) is 3. The zero-order chi connectivity index (χ0) is 15.8. The van der Waals surface area contributed by atoms with Crippen molar-refractivity contribution in [2.45, 2.75) is 31.7 Å². The number of hydrogen-bond donors (Lipinski definition) is 2. The Balaban J connectivity index is 2.23. The third-order valence-corrected chi connectivity index (χ3v) is 5.85. The van der Waals surface area contributed by atoms with Crippen molar-refractivity contribution in [1.29, 1.82) is 0 Å². The van der Waals surface area contributed by atoms with Crippen molar-refractivity contribution in [1.82, 2.24) is 10.0 Å². The van der Waals surface area contributed by atoms with Crippen LogP contribution in [0.15, 0.2) is 21.5 Å². The number of sulfonamides is 1. The Morgan fingerprint density at radius 1 is 1.43 bits per heavy atom. The Morgan fingerprint density at radius 3 is 2.57 bits per heavy atom. The largest absolute Gasteiger partial charge is 0.316 e. The lowest BCUT2D eigenvalue weighted by molar-refractivity contribution is 0.527. The van der Waals surface area contributed by atoms with Crippen molar-refractivity contribution >= 4 is 26.0 Å². The molecule has 0 spiro atoms. The molecule has 21 heavy (non-hydrogen) atoms. The van der Waals surface area contributed by atoms with Crippen molar-refractivity contribution in [2.75, 3.05) is 13.6 Å². The minimum atomic E-state index is -3.84. The number of benzene rings is 1. The van der Waals surface area contributed by atoms with Crippen molar-refractivity contribution in [3.8, 4) is 0 Å². The predicted molar refractivity (Wildman–Crippen MR) is 83.9 cm³/mol. The molecule has 1 unspecified atom stereocenters. The minimum Gasteiger partial charge on any atom is -0.316 e. The lowest BCUT2D eigenvalue weighted by Gasteiger charge is -2.12. The van der Waals surface area contributed by atoms with E-state index in [4.69, 9.17) is 0 Å². The molecule has 1 saturated carbocycles. The lowest BCUT2D eigenvalue weighted by Crippen LogP contribution is -2.28. The van der Waals surface area contributed by atoms with Gasteiger partial charge in [0, 0.05) is 23.1 Å². The molecule has 7 heteroatoms. The Hall–Kier alpha value is -0.500. The normalized spacial score (nSPS) is 20.5. The second-order valence-electron chi connectivity index (χ2n) is 6.15. The molecule has 0 aromatic heterocycles. The van der Waals surface area contributed by atoms with Gasteiger partial charge in [0.05, 0.1) is 0 Å². The van der Waals surface area contributed by atoms with Gasteiger partial charge in [-0.3, -0.25) is 0 Å². The Labute approximate surface area is 133 Å². The van der Waals surface area contributed by atoms with Gasteiger partial charge in [-0.15, -0.1) is 0 Å². The fourth-order valence-electron chi connectivity index (χ4n) is 2.35. The van der Waals surface area contributed by atoms with Gasteiger partial charge in [0.2, 0.25) is 10.0 Å². The molecule has 1 aromatic rings. The summed E-state index contributed by atoms with van der Waals surface area (Å²) in [5.41, 5.74) is 0.495. The first-order valence-corrected chi connectivity index (χ1v) is 9.07. The molecule has 0 bridgehead atoms. The van der Waals surface area contributed by atoms with Crippen LogP contribution in [0.25, 0.3) is 0 Å². The van der Waals surface area contributed by atoms with Crippen LogP contribution in [-0.2, 0) is 16.6 Å². The first-order valence-electron chi connectivity index (χ1n) is 6.79. The highest BCUT2D eigenvalue weighted by Gasteiger charge is 2.45. The van der Waals surface area contributed by atoms with Crippen LogP contribution >= 0.6 is 15.9 Å². The lowest BCUT2D eigenvalue weighted by atomic mass is 10.1. The Bertz CT molecular complexity index is 647. The summed E-state index contributed by atoms with van der Waals surface area (Å²) >= 11 is 3.23. The van der Waals surface area contributed by atoms with Crippen molar-refractivity contribution in [3.63, 3.8) is 0 Å². The van der Waals surface area contributed by atoms with E-state index in [1.807, 2.05) is 0 Å². The number of nitrogens with one attached hydrogen (secondary N) is 2. The van der Waals surface area contributed by atoms with E-state index in [0.717, 1.165) is 6.42 Å². The van der Waals surface area contributed by atoms with E-state index in [0.29, 0.717) is 22.5 Å². The van der Waals surface area contributed by atoms with Crippen LogP contribution in [0, 0.1) is 17.2 Å². The Kier molecular flexibility index (Phi) is 4.78. The Morgan fingerprint density at radius 2 is 2.05 bits per heavy atom. The molecule has 1 aromatic carbocycles. The SMILES string of the molecule is CNCc1cc(Br)cc(S(=O)(=O)NCC2CC2(C)C)c1F. The smallest absolute Gasteiger partial charge is 0.243 e. The summed E-state index contributed by atoms with van der Waals surface area (Å²) < 4.78 is 42.0. The highest BCUT2D eigenvalue weighted by Crippen LogP contribution is 2.51. The van der Waals surface area contributed by atoms with E-state index in [2.05, 4.69) is 39.8 Å². The molecule has 118 valence electrons. The van der Waals surface area contributed by atoms with E-state index in [9.17, 15) is 12.8 Å². The fourth-order valence-corrected chi connectivity index (χ4v) is 4.23. The van der Waals surface area contributed by atoms with Crippen LogP contribution in [0.4, 0.5) is 4.39 Å². The van der Waals surface area contributed by atoms with Gasteiger partial charge in [0.25, 0.3) is 0 Å². The monoisotopic (exact) mass is 378 g/mol. The van der Waals surface area contributed by atoms with Crippen LogP contribution in [-0.4, -0.2) is 22.0 Å². The molecule has 2 N–H and O–H groups in total. The van der Waals surface area contributed by atoms with Gasteiger partial charge in [-0.1, -0.05) is 29.8 Å². The van der Waals surface area contributed by atoms with Crippen molar-refractivity contribution < 1.29 is 12.8 Å². The molecule has 0 amide bonds. The maximum absolute atomic E-state index is 14.3. The van der Waals surface area contributed by atoms with Gasteiger partial charge < -0.3 is 5.32 Å². The highest BCUT2D eigenvalue weighted by molar-refractivity contribution is 9.10. The maximum Gasteiger partial charge on any atom is 0.243 e. The van der Waals surface area contributed by atoms with E-state index in [1.165, 1.54) is 6.07 Å². The van der Waals surface area contributed by atoms with E-state index in [-0.39, 0.29) is 16.9 Å². The second kappa shape index (κ2) is 5.95. The molecule has 1 atom stereocenters. The first kappa shape index (κ1) is 16.9. The predicted octanol–water partition coefficient (Wildman–Crippen LogP) is 2.63. The molecule has 0 heterocycles. The second-order valence-corrected chi connectivity index (χ2v) is 8.80. The molecule has 0 radical (unpaired) electrons. The fraction of sp³-hybridized carbons (Fsp3) is 0.571. The molecule has 1 aliphatic carbocycles. The molecule has 0 saturated heterocycles. The van der Waals surface area contributed by atoms with Crippen LogP contribution < -0.4 is 10.0 Å². The highest BCUT2D eigenvalue weighted by atomic mass is 79.9. The molecule has 4 nitrogen and oxygen atoms in total. The summed E-state index contributed by atoms with van der Waals surface area (Å²) in [5, 5.41) is 2.83. The minimum absolute atomic E-state index is 0.176. The van der Waals surface area contributed by atoms with Crippen molar-refractivity contribution in [2.24, 2.45) is 11.3 Å². The molecule has 2 rings (SSSR count). The standard InChI is InChI=1S/C14H20BrFN2O2S/c1-14(2)6-10(14)8-18-21(19,20)12-5-11(15)4-9(7-17-3)13(12)16/h4-5,10,17-18H,6-8H2,1-3H3. The van der Waals surface area contributed by atoms with Gasteiger partial charge in [-0.25, -0.2) is 17.5 Å². The summed E-state index contributed by atoms with van der Waals surface area (Å²) in [6.07, 6.45) is 0.988. The van der Waals surface area contributed by atoms with Gasteiger partial charge in [-0.05, 0) is 36.9 Å². The molecular formula is C14H20BrFN2O2S. The topological polar surface area (TPSA) is 58.2 Å². The van der Waals surface area contributed by atoms with Crippen LogP contribution in [0.2, 0.25) is 0 Å². The summed E-state index contributed by atoms with van der Waals surface area (Å²) in [4.78, 5) is -0.305. The van der Waals surface area contributed by atoms with Crippen LogP contribution in [0.5, 0.6) is 0 Å². The quantitative estimate of drug-likeness (QED) is 0.799. The van der Waals surface area contributed by atoms with E-state index < -0.39 is 15.8 Å². The first-order chi connectivity index (χ1) is 9.67. The maximum atomic E-state index is 14.3. The molecule has 0 aliphatic heterocycles.